The second kappa shape index (κ2) is 13.1. The minimum absolute atomic E-state index is 0.0411. The number of benzene rings is 3. The Morgan fingerprint density at radius 2 is 1.42 bits per heavy atom. The molecule has 2 N–H and O–H groups in total. The Morgan fingerprint density at radius 3 is 2.15 bits per heavy atom. The van der Waals surface area contributed by atoms with E-state index in [2.05, 4.69) is 17.6 Å². The van der Waals surface area contributed by atoms with Crippen LogP contribution >= 0.6 is 0 Å². The van der Waals surface area contributed by atoms with Crippen molar-refractivity contribution in [2.24, 2.45) is 0 Å². The van der Waals surface area contributed by atoms with Crippen LogP contribution in [0.3, 0.4) is 0 Å². The van der Waals surface area contributed by atoms with Crippen molar-refractivity contribution >= 4 is 23.2 Å². The molecule has 0 unspecified atom stereocenters. The van der Waals surface area contributed by atoms with Gasteiger partial charge in [0.2, 0.25) is 5.91 Å². The highest BCUT2D eigenvalue weighted by atomic mass is 16.5. The molecule has 172 valence electrons. The lowest BCUT2D eigenvalue weighted by Gasteiger charge is -2.12. The molecule has 3 aromatic carbocycles. The summed E-state index contributed by atoms with van der Waals surface area (Å²) in [5.41, 5.74) is 2.99. The third-order valence-electron chi connectivity index (χ3n) is 5.30. The van der Waals surface area contributed by atoms with E-state index in [0.29, 0.717) is 42.1 Å². The molecule has 2 amide bonds. The van der Waals surface area contributed by atoms with Crippen LogP contribution in [-0.2, 0) is 11.2 Å². The predicted octanol–water partition coefficient (Wildman–Crippen LogP) is 6.47. The third-order valence-corrected chi connectivity index (χ3v) is 5.30. The van der Waals surface area contributed by atoms with Crippen LogP contribution in [0.15, 0.2) is 78.9 Å². The minimum atomic E-state index is -0.223. The SMILES string of the molecule is CCCCCCOc1ccccc1C(=O)Nc1ccc(NC(=O)CCc2ccccc2)cc1. The van der Waals surface area contributed by atoms with E-state index in [1.807, 2.05) is 48.5 Å². The fourth-order valence-electron chi connectivity index (χ4n) is 3.45. The molecule has 5 heteroatoms. The van der Waals surface area contributed by atoms with Gasteiger partial charge in [0.25, 0.3) is 5.91 Å². The zero-order valence-electron chi connectivity index (χ0n) is 19.2. The summed E-state index contributed by atoms with van der Waals surface area (Å²) in [6.45, 7) is 2.77. The Kier molecular flexibility index (Phi) is 9.52. The van der Waals surface area contributed by atoms with E-state index in [9.17, 15) is 9.59 Å². The van der Waals surface area contributed by atoms with Crippen molar-refractivity contribution in [1.29, 1.82) is 0 Å². The smallest absolute Gasteiger partial charge is 0.259 e. The Bertz CT molecular complexity index is 1020. The molecule has 3 rings (SSSR count). The fraction of sp³-hybridized carbons (Fsp3) is 0.286. The molecule has 0 saturated carbocycles. The van der Waals surface area contributed by atoms with Crippen molar-refractivity contribution in [3.05, 3.63) is 90.0 Å². The van der Waals surface area contributed by atoms with E-state index in [-0.39, 0.29) is 11.8 Å². The van der Waals surface area contributed by atoms with E-state index in [4.69, 9.17) is 4.74 Å². The number of para-hydroxylation sites is 1. The van der Waals surface area contributed by atoms with Crippen LogP contribution in [0, 0.1) is 0 Å². The van der Waals surface area contributed by atoms with Gasteiger partial charge in [-0.05, 0) is 54.8 Å². The summed E-state index contributed by atoms with van der Waals surface area (Å²) in [5, 5.41) is 5.80. The molecule has 0 fully saturated rings. The molecule has 0 aliphatic carbocycles. The molecule has 3 aromatic rings. The number of hydrogen-bond acceptors (Lipinski definition) is 3. The Balaban J connectivity index is 1.50. The van der Waals surface area contributed by atoms with Crippen LogP contribution < -0.4 is 15.4 Å². The lowest BCUT2D eigenvalue weighted by Crippen LogP contribution is -2.14. The number of nitrogens with one attached hydrogen (secondary N) is 2. The van der Waals surface area contributed by atoms with Gasteiger partial charge in [0.1, 0.15) is 5.75 Å². The highest BCUT2D eigenvalue weighted by molar-refractivity contribution is 6.06. The van der Waals surface area contributed by atoms with Gasteiger partial charge in [-0.1, -0.05) is 68.7 Å². The largest absolute Gasteiger partial charge is 0.493 e. The van der Waals surface area contributed by atoms with Gasteiger partial charge in [0.15, 0.2) is 0 Å². The normalized spacial score (nSPS) is 10.5. The van der Waals surface area contributed by atoms with Crippen LogP contribution in [0.2, 0.25) is 0 Å². The van der Waals surface area contributed by atoms with Gasteiger partial charge >= 0.3 is 0 Å². The second-order valence-electron chi connectivity index (χ2n) is 7.97. The van der Waals surface area contributed by atoms with Gasteiger partial charge in [0.05, 0.1) is 12.2 Å². The average Bonchev–Trinajstić information content (AvgIpc) is 2.85. The fourth-order valence-corrected chi connectivity index (χ4v) is 3.45. The molecular weight excluding hydrogens is 412 g/mol. The van der Waals surface area contributed by atoms with Gasteiger partial charge in [-0.3, -0.25) is 9.59 Å². The first-order valence-corrected chi connectivity index (χ1v) is 11.6. The quantitative estimate of drug-likeness (QED) is 0.315. The van der Waals surface area contributed by atoms with Crippen molar-refractivity contribution in [3.8, 4) is 5.75 Å². The maximum atomic E-state index is 12.8. The van der Waals surface area contributed by atoms with Crippen LogP contribution in [-0.4, -0.2) is 18.4 Å². The summed E-state index contributed by atoms with van der Waals surface area (Å²) in [6, 6.07) is 24.3. The molecule has 0 aromatic heterocycles. The third kappa shape index (κ3) is 8.11. The van der Waals surface area contributed by atoms with Gasteiger partial charge < -0.3 is 15.4 Å². The molecule has 0 bridgehead atoms. The maximum Gasteiger partial charge on any atom is 0.259 e. The lowest BCUT2D eigenvalue weighted by atomic mass is 10.1. The lowest BCUT2D eigenvalue weighted by molar-refractivity contribution is -0.116. The van der Waals surface area contributed by atoms with Gasteiger partial charge in [-0.2, -0.15) is 0 Å². The van der Waals surface area contributed by atoms with Crippen molar-refractivity contribution in [1.82, 2.24) is 0 Å². The number of unbranched alkanes of at least 4 members (excludes halogenated alkanes) is 3. The van der Waals surface area contributed by atoms with Gasteiger partial charge in [-0.15, -0.1) is 0 Å². The number of hydrogen-bond donors (Lipinski definition) is 2. The van der Waals surface area contributed by atoms with Crippen molar-refractivity contribution in [3.63, 3.8) is 0 Å². The molecule has 0 radical (unpaired) electrons. The number of carbonyl (C=O) groups excluding carboxylic acids is 2. The van der Waals surface area contributed by atoms with Crippen LogP contribution in [0.4, 0.5) is 11.4 Å². The Morgan fingerprint density at radius 1 is 0.758 bits per heavy atom. The molecule has 0 heterocycles. The van der Waals surface area contributed by atoms with Gasteiger partial charge in [-0.25, -0.2) is 0 Å². The van der Waals surface area contributed by atoms with Crippen molar-refractivity contribution < 1.29 is 14.3 Å². The van der Waals surface area contributed by atoms with E-state index in [1.165, 1.54) is 12.8 Å². The highest BCUT2D eigenvalue weighted by Crippen LogP contribution is 2.21. The summed E-state index contributed by atoms with van der Waals surface area (Å²) in [6.07, 6.45) is 5.57. The first-order valence-electron chi connectivity index (χ1n) is 11.6. The van der Waals surface area contributed by atoms with Crippen LogP contribution in [0.25, 0.3) is 0 Å². The summed E-state index contributed by atoms with van der Waals surface area (Å²) in [7, 11) is 0. The molecule has 0 spiro atoms. The first kappa shape index (κ1) is 24.1. The predicted molar refractivity (Wildman–Crippen MR) is 134 cm³/mol. The van der Waals surface area contributed by atoms with Crippen LogP contribution in [0.1, 0.15) is 54.9 Å². The summed E-state index contributed by atoms with van der Waals surface area (Å²) in [5.74, 6) is 0.327. The minimum Gasteiger partial charge on any atom is -0.493 e. The number of carbonyl (C=O) groups is 2. The Labute approximate surface area is 196 Å². The molecule has 0 aliphatic heterocycles. The monoisotopic (exact) mass is 444 g/mol. The Hall–Kier alpha value is -3.60. The molecule has 33 heavy (non-hydrogen) atoms. The average molecular weight is 445 g/mol. The number of anilines is 2. The van der Waals surface area contributed by atoms with Crippen molar-refractivity contribution in [2.45, 2.75) is 45.4 Å². The zero-order chi connectivity index (χ0) is 23.3. The summed E-state index contributed by atoms with van der Waals surface area (Å²) in [4.78, 5) is 25.0. The topological polar surface area (TPSA) is 67.4 Å². The number of aryl methyl sites for hydroxylation is 1. The van der Waals surface area contributed by atoms with Gasteiger partial charge in [0, 0.05) is 17.8 Å². The standard InChI is InChI=1S/C28H32N2O3/c1-2-3-4-10-21-33-26-14-9-8-13-25(26)28(32)30-24-18-16-23(17-19-24)29-27(31)20-15-22-11-6-5-7-12-22/h5-9,11-14,16-19H,2-4,10,15,20-21H2,1H3,(H,29,31)(H,30,32). The molecule has 0 aliphatic rings. The number of amides is 2. The molecule has 0 atom stereocenters. The van der Waals surface area contributed by atoms with E-state index < -0.39 is 0 Å². The molecule has 0 saturated heterocycles. The second-order valence-corrected chi connectivity index (χ2v) is 7.97. The summed E-state index contributed by atoms with van der Waals surface area (Å²) >= 11 is 0. The number of rotatable bonds is 12. The summed E-state index contributed by atoms with van der Waals surface area (Å²) < 4.78 is 5.85. The number of ether oxygens (including phenoxy) is 1. The van der Waals surface area contributed by atoms with Crippen LogP contribution in [0.5, 0.6) is 5.75 Å². The van der Waals surface area contributed by atoms with Crippen molar-refractivity contribution in [2.75, 3.05) is 17.2 Å². The molecular formula is C28H32N2O3. The van der Waals surface area contributed by atoms with E-state index in [1.54, 1.807) is 30.3 Å². The van der Waals surface area contributed by atoms with E-state index >= 15 is 0 Å². The first-order chi connectivity index (χ1) is 16.2. The molecule has 5 nitrogen and oxygen atoms in total. The zero-order valence-corrected chi connectivity index (χ0v) is 19.2. The van der Waals surface area contributed by atoms with E-state index in [0.717, 1.165) is 18.4 Å². The highest BCUT2D eigenvalue weighted by Gasteiger charge is 2.12. The maximum absolute atomic E-state index is 12.8.